The van der Waals surface area contributed by atoms with E-state index in [9.17, 15) is 28.8 Å². The third kappa shape index (κ3) is 9.14. The van der Waals surface area contributed by atoms with Gasteiger partial charge in [0.15, 0.2) is 0 Å². The average Bonchev–Trinajstić information content (AvgIpc) is 3.16. The Morgan fingerprint density at radius 3 is 1.65 bits per heavy atom. The van der Waals surface area contributed by atoms with Gasteiger partial charge in [-0.25, -0.2) is 9.59 Å². The zero-order valence-corrected chi connectivity index (χ0v) is 19.1. The number of carbonyl (C=O) groups is 6. The third-order valence-electron chi connectivity index (χ3n) is 3.76. The first-order valence-corrected chi connectivity index (χ1v) is 10.7. The molecule has 4 amide bonds. The van der Waals surface area contributed by atoms with Crippen molar-refractivity contribution in [2.24, 2.45) is 0 Å². The Morgan fingerprint density at radius 1 is 0.903 bits per heavy atom. The van der Waals surface area contributed by atoms with Crippen molar-refractivity contribution in [2.45, 2.75) is 70.2 Å². The van der Waals surface area contributed by atoms with E-state index < -0.39 is 47.8 Å². The van der Waals surface area contributed by atoms with Crippen LogP contribution in [0.15, 0.2) is 0 Å². The molecule has 0 atom stereocenters. The van der Waals surface area contributed by atoms with Crippen molar-refractivity contribution in [3.8, 4) is 0 Å². The molecule has 13 heteroatoms. The largest absolute Gasteiger partial charge is 0.502 e. The van der Waals surface area contributed by atoms with Gasteiger partial charge in [0.1, 0.15) is 6.61 Å². The van der Waals surface area contributed by atoms with Gasteiger partial charge in [0.25, 0.3) is 23.6 Å². The Morgan fingerprint density at radius 2 is 1.29 bits per heavy atom. The van der Waals surface area contributed by atoms with Crippen LogP contribution in [0.2, 0.25) is 4.78 Å². The molecule has 0 spiro atoms. The first-order valence-electron chi connectivity index (χ1n) is 9.61. The fourth-order valence-electron chi connectivity index (χ4n) is 2.29. The van der Waals surface area contributed by atoms with Crippen molar-refractivity contribution >= 4 is 51.1 Å². The van der Waals surface area contributed by atoms with Gasteiger partial charge in [-0.2, -0.15) is 0 Å². The molecular weight excluding hydrogens is 431 g/mol. The van der Waals surface area contributed by atoms with Crippen LogP contribution in [0.25, 0.3) is 0 Å². The summed E-state index contributed by atoms with van der Waals surface area (Å²) in [7, 11) is 0. The van der Waals surface area contributed by atoms with Crippen molar-refractivity contribution in [2.75, 3.05) is 6.61 Å². The Bertz CT molecular complexity index is 705. The summed E-state index contributed by atoms with van der Waals surface area (Å²) in [5.41, 5.74) is -0.650. The fourth-order valence-corrected chi connectivity index (χ4v) is 3.01. The summed E-state index contributed by atoms with van der Waals surface area (Å²) in [5.74, 6) is -3.69. The summed E-state index contributed by atoms with van der Waals surface area (Å²) < 4.78 is 6.12. The van der Waals surface area contributed by atoms with Crippen molar-refractivity contribution in [3.05, 3.63) is 0 Å². The van der Waals surface area contributed by atoms with Crippen molar-refractivity contribution in [3.63, 3.8) is 0 Å². The second-order valence-corrected chi connectivity index (χ2v) is 9.52. The zero-order chi connectivity index (χ0) is 23.8. The Labute approximate surface area is 185 Å². The van der Waals surface area contributed by atoms with Crippen LogP contribution < -0.4 is 0 Å². The van der Waals surface area contributed by atoms with Crippen LogP contribution in [0, 0.1) is 0 Å². The fraction of sp³-hybridized carbons (Fsp3) is 0.667. The van der Waals surface area contributed by atoms with E-state index in [1.54, 1.807) is 13.8 Å². The lowest BCUT2D eigenvalue weighted by Crippen LogP contribution is -2.36. The SMILES string of the molecule is C[CH](C)[Al][O]C(C)(C)CC(=O)ON1C(=O)CCC1=O.O=C(CO)ON1C(=O)CCC1=O. The summed E-state index contributed by atoms with van der Waals surface area (Å²) in [6.45, 7) is 6.82. The van der Waals surface area contributed by atoms with E-state index in [2.05, 4.69) is 4.84 Å². The number of amides is 4. The van der Waals surface area contributed by atoms with Crippen LogP contribution in [0.4, 0.5) is 0 Å². The minimum atomic E-state index is -1.02. The molecule has 0 aromatic rings. The molecule has 12 nitrogen and oxygen atoms in total. The quantitative estimate of drug-likeness (QED) is 0.383. The first kappa shape index (κ1) is 26.7. The van der Waals surface area contributed by atoms with Crippen LogP contribution in [0.3, 0.4) is 0 Å². The van der Waals surface area contributed by atoms with E-state index in [1.807, 2.05) is 13.8 Å². The number of nitrogens with zero attached hydrogens (tertiary/aromatic N) is 2. The molecule has 2 fully saturated rings. The highest BCUT2D eigenvalue weighted by atomic mass is 27.1. The van der Waals surface area contributed by atoms with Gasteiger partial charge in [-0.3, -0.25) is 19.2 Å². The molecule has 1 N–H and O–H groups in total. The summed E-state index contributed by atoms with van der Waals surface area (Å²) >= 11 is -0.210. The smallest absolute Gasteiger partial charge is 0.426 e. The molecule has 2 saturated heterocycles. The van der Waals surface area contributed by atoms with E-state index in [4.69, 9.17) is 13.7 Å². The van der Waals surface area contributed by atoms with Gasteiger partial charge >= 0.3 is 27.5 Å². The van der Waals surface area contributed by atoms with Gasteiger partial charge in [0.2, 0.25) is 0 Å². The Hall–Kier alpha value is -2.33. The number of hydroxylamine groups is 4. The average molecular weight is 457 g/mol. The predicted octanol–water partition coefficient (Wildman–Crippen LogP) is -0.188. The lowest BCUT2D eigenvalue weighted by Gasteiger charge is -2.27. The van der Waals surface area contributed by atoms with Crippen molar-refractivity contribution in [1.29, 1.82) is 0 Å². The molecule has 0 unspecified atom stereocenters. The molecule has 2 rings (SSSR count). The highest BCUT2D eigenvalue weighted by molar-refractivity contribution is 6.29. The van der Waals surface area contributed by atoms with Gasteiger partial charge in [-0.1, -0.05) is 18.6 Å². The van der Waals surface area contributed by atoms with Gasteiger partial charge in [0.05, 0.1) is 6.42 Å². The van der Waals surface area contributed by atoms with Crippen molar-refractivity contribution in [1.82, 2.24) is 10.1 Å². The normalized spacial score (nSPS) is 16.5. The minimum Gasteiger partial charge on any atom is -0.502 e. The molecule has 2 aliphatic rings. The summed E-state index contributed by atoms with van der Waals surface area (Å²) in [6.07, 6.45) is 0.311. The molecule has 31 heavy (non-hydrogen) atoms. The molecule has 171 valence electrons. The maximum Gasteiger partial charge on any atom is 0.426 e. The second kappa shape index (κ2) is 11.9. The number of hydrogen-bond acceptors (Lipinski definition) is 10. The number of rotatable bonds is 8. The zero-order valence-electron chi connectivity index (χ0n) is 17.9. The minimum absolute atomic E-state index is 0.00375. The summed E-state index contributed by atoms with van der Waals surface area (Å²) in [4.78, 5) is 75.4. The second-order valence-electron chi connectivity index (χ2n) is 7.68. The van der Waals surface area contributed by atoms with Gasteiger partial charge in [-0.05, 0) is 13.8 Å². The monoisotopic (exact) mass is 457 g/mol. The summed E-state index contributed by atoms with van der Waals surface area (Å²) in [5, 5.41) is 9.19. The van der Waals surface area contributed by atoms with Crippen LogP contribution in [-0.2, 0) is 42.2 Å². The van der Waals surface area contributed by atoms with Crippen LogP contribution in [-0.4, -0.2) is 78.6 Å². The number of carbonyl (C=O) groups excluding carboxylic acids is 6. The molecule has 0 saturated carbocycles. The van der Waals surface area contributed by atoms with E-state index in [0.717, 1.165) is 0 Å². The lowest BCUT2D eigenvalue weighted by atomic mass is 10.1. The van der Waals surface area contributed by atoms with Crippen molar-refractivity contribution < 1.29 is 47.3 Å². The van der Waals surface area contributed by atoms with E-state index in [1.165, 1.54) is 0 Å². The number of aliphatic hydroxyl groups is 1. The third-order valence-corrected chi connectivity index (χ3v) is 5.07. The van der Waals surface area contributed by atoms with Gasteiger partial charge in [-0.15, -0.1) is 10.1 Å². The topological polar surface area (TPSA) is 157 Å². The molecule has 0 bridgehead atoms. The molecule has 0 aromatic heterocycles. The number of aliphatic hydroxyl groups excluding tert-OH is 1. The summed E-state index contributed by atoms with van der Waals surface area (Å²) in [6, 6.07) is 0. The predicted molar refractivity (Wildman–Crippen MR) is 102 cm³/mol. The molecule has 0 aliphatic carbocycles. The van der Waals surface area contributed by atoms with E-state index in [-0.39, 0.29) is 47.7 Å². The maximum absolute atomic E-state index is 11.7. The standard InChI is InChI=1S/C9H12NO5.C6H7NO5.C3H7.Al/c1-9(2,14)5-8(13)15-10-6(11)3-4-7(10)12;8-3-6(11)12-7-4(9)1-2-5(7)10;1-3-2;/h3-5H2,1-2H3;8H,1-3H2;3H,1-2H3;/q-1;;;+1. The van der Waals surface area contributed by atoms with Gasteiger partial charge < -0.3 is 18.6 Å². The lowest BCUT2D eigenvalue weighted by molar-refractivity contribution is -0.199. The molecule has 0 aromatic carbocycles. The number of hydrogen-bond donors (Lipinski definition) is 1. The first-order chi connectivity index (χ1) is 14.4. The van der Waals surface area contributed by atoms with Crippen LogP contribution >= 0.6 is 0 Å². The maximum atomic E-state index is 11.7. The highest BCUT2D eigenvalue weighted by Crippen LogP contribution is 2.19. The van der Waals surface area contributed by atoms with Crippen LogP contribution in [0.1, 0.15) is 59.8 Å². The molecule has 1 radical (unpaired) electrons. The Kier molecular flexibility index (Phi) is 10.3. The van der Waals surface area contributed by atoms with Crippen LogP contribution in [0.5, 0.6) is 0 Å². The highest BCUT2D eigenvalue weighted by Gasteiger charge is 2.34. The molecule has 2 heterocycles. The van der Waals surface area contributed by atoms with Gasteiger partial charge in [0, 0.05) is 31.3 Å². The number of imide groups is 2. The Balaban J connectivity index is 0.000000343. The molecule has 2 aliphatic heterocycles. The molecular formula is C18H26AlN2O10. The van der Waals surface area contributed by atoms with E-state index >= 15 is 0 Å². The van der Waals surface area contributed by atoms with E-state index in [0.29, 0.717) is 14.9 Å².